The largest absolute Gasteiger partial charge is 0.444 e. The van der Waals surface area contributed by atoms with Gasteiger partial charge in [-0.1, -0.05) is 30.3 Å². The number of benzene rings is 2. The lowest BCUT2D eigenvalue weighted by atomic mass is 10.1. The Bertz CT molecular complexity index is 1010. The Labute approximate surface area is 196 Å². The molecule has 2 amide bonds. The number of rotatable bonds is 5. The summed E-state index contributed by atoms with van der Waals surface area (Å²) in [7, 11) is 0. The molecule has 0 N–H and O–H groups in total. The highest BCUT2D eigenvalue weighted by atomic mass is 35.5. The van der Waals surface area contributed by atoms with Crippen molar-refractivity contribution in [1.82, 2.24) is 4.90 Å². The Morgan fingerprint density at radius 3 is 2.41 bits per heavy atom. The van der Waals surface area contributed by atoms with Crippen LogP contribution in [0.5, 0.6) is 0 Å². The van der Waals surface area contributed by atoms with Crippen LogP contribution in [0.25, 0.3) is 0 Å². The van der Waals surface area contributed by atoms with Crippen molar-refractivity contribution < 1.29 is 14.3 Å². The molecule has 2 aliphatic carbocycles. The molecule has 6 heteroatoms. The number of amides is 2. The van der Waals surface area contributed by atoms with Gasteiger partial charge in [-0.2, -0.15) is 0 Å². The number of hydrogen-bond donors (Lipinski definition) is 0. The Balaban J connectivity index is 0.00000245. The first-order valence-corrected chi connectivity index (χ1v) is 11.3. The van der Waals surface area contributed by atoms with Crippen molar-refractivity contribution in [2.45, 2.75) is 64.1 Å². The molecule has 0 spiro atoms. The number of carbonyl (C=O) groups excluding carboxylic acids is 2. The molecular weight excluding hydrogens is 424 g/mol. The molecule has 0 aromatic heterocycles. The van der Waals surface area contributed by atoms with Gasteiger partial charge in [0.15, 0.2) is 0 Å². The van der Waals surface area contributed by atoms with Gasteiger partial charge >= 0.3 is 6.09 Å². The van der Waals surface area contributed by atoms with Crippen LogP contribution in [-0.4, -0.2) is 35.1 Å². The average Bonchev–Trinajstić information content (AvgIpc) is 3.64. The molecular formula is C26H31ClN2O3. The van der Waals surface area contributed by atoms with Gasteiger partial charge in [-0.25, -0.2) is 4.79 Å². The Morgan fingerprint density at radius 1 is 1.09 bits per heavy atom. The fraction of sp³-hybridized carbons (Fsp3) is 0.462. The van der Waals surface area contributed by atoms with Gasteiger partial charge in [-0.05, 0) is 75.3 Å². The molecule has 1 heterocycles. The van der Waals surface area contributed by atoms with Gasteiger partial charge in [-0.15, -0.1) is 12.4 Å². The van der Waals surface area contributed by atoms with Crippen LogP contribution in [-0.2, 0) is 11.3 Å². The minimum atomic E-state index is -0.481. The quantitative estimate of drug-likeness (QED) is 0.576. The van der Waals surface area contributed by atoms with Gasteiger partial charge in [0.1, 0.15) is 5.60 Å². The molecule has 2 atom stereocenters. The monoisotopic (exact) mass is 454 g/mol. The Kier molecular flexibility index (Phi) is 5.97. The van der Waals surface area contributed by atoms with Gasteiger partial charge in [0.2, 0.25) is 0 Å². The number of hydrogen-bond acceptors (Lipinski definition) is 3. The van der Waals surface area contributed by atoms with Crippen molar-refractivity contribution in [2.75, 3.05) is 11.4 Å². The van der Waals surface area contributed by atoms with Crippen LogP contribution in [0.3, 0.4) is 0 Å². The van der Waals surface area contributed by atoms with Crippen LogP contribution >= 0.6 is 12.4 Å². The van der Waals surface area contributed by atoms with E-state index in [1.807, 2.05) is 67.0 Å². The molecule has 5 nitrogen and oxygen atoms in total. The third-order valence-corrected chi connectivity index (χ3v) is 6.39. The Morgan fingerprint density at radius 2 is 1.78 bits per heavy atom. The first kappa shape index (κ1) is 22.7. The summed E-state index contributed by atoms with van der Waals surface area (Å²) in [4.78, 5) is 29.3. The van der Waals surface area contributed by atoms with E-state index in [1.165, 1.54) is 18.4 Å². The van der Waals surface area contributed by atoms with E-state index in [-0.39, 0.29) is 30.4 Å². The lowest BCUT2D eigenvalue weighted by Crippen LogP contribution is -2.40. The molecule has 2 fully saturated rings. The molecule has 2 saturated carbocycles. The van der Waals surface area contributed by atoms with E-state index in [0.29, 0.717) is 18.4 Å². The summed E-state index contributed by atoms with van der Waals surface area (Å²) in [5.41, 5.74) is 3.53. The molecule has 1 aliphatic heterocycles. The summed E-state index contributed by atoms with van der Waals surface area (Å²) in [6.45, 7) is 7.17. The molecule has 0 bridgehead atoms. The summed E-state index contributed by atoms with van der Waals surface area (Å²) in [6, 6.07) is 16.3. The first-order valence-electron chi connectivity index (χ1n) is 11.3. The van der Waals surface area contributed by atoms with Crippen molar-refractivity contribution in [3.8, 4) is 0 Å². The van der Waals surface area contributed by atoms with Gasteiger partial charge in [0, 0.05) is 29.8 Å². The summed E-state index contributed by atoms with van der Waals surface area (Å²) in [5, 5.41) is 0. The number of anilines is 1. The molecule has 0 saturated heterocycles. The van der Waals surface area contributed by atoms with Gasteiger partial charge in [-0.3, -0.25) is 4.79 Å². The number of ether oxygens (including phenoxy) is 1. The van der Waals surface area contributed by atoms with Crippen LogP contribution in [0.15, 0.2) is 48.5 Å². The molecule has 0 radical (unpaired) electrons. The topological polar surface area (TPSA) is 49.9 Å². The zero-order chi connectivity index (χ0) is 21.8. The second kappa shape index (κ2) is 8.43. The number of carbonyl (C=O) groups is 2. The van der Waals surface area contributed by atoms with E-state index < -0.39 is 5.60 Å². The Hall–Kier alpha value is -2.53. The van der Waals surface area contributed by atoms with Crippen molar-refractivity contribution in [1.29, 1.82) is 0 Å². The average molecular weight is 455 g/mol. The first-order chi connectivity index (χ1) is 14.8. The summed E-state index contributed by atoms with van der Waals surface area (Å²) in [6.07, 6.45) is 3.19. The molecule has 32 heavy (non-hydrogen) atoms. The summed E-state index contributed by atoms with van der Waals surface area (Å²) >= 11 is 0. The van der Waals surface area contributed by atoms with E-state index in [4.69, 9.17) is 4.74 Å². The normalized spacial score (nSPS) is 21.6. The van der Waals surface area contributed by atoms with E-state index >= 15 is 0 Å². The third-order valence-electron chi connectivity index (χ3n) is 6.39. The number of nitrogens with zero attached hydrogens (tertiary/aromatic N) is 2. The zero-order valence-corrected chi connectivity index (χ0v) is 19.7. The van der Waals surface area contributed by atoms with Crippen LogP contribution in [0, 0.1) is 5.92 Å². The lowest BCUT2D eigenvalue weighted by molar-refractivity contribution is 0.0220. The van der Waals surface area contributed by atoms with Crippen molar-refractivity contribution in [2.24, 2.45) is 5.92 Å². The highest BCUT2D eigenvalue weighted by Crippen LogP contribution is 2.47. The van der Waals surface area contributed by atoms with E-state index in [0.717, 1.165) is 29.8 Å². The molecule has 3 aliphatic rings. The summed E-state index contributed by atoms with van der Waals surface area (Å²) in [5.74, 6) is 1.03. The van der Waals surface area contributed by atoms with E-state index in [9.17, 15) is 9.59 Å². The SMILES string of the molecule is CC(C)(C)OC(=O)N(CC1CC1)[C@@H]1C[C@H]1c1ccc(N2Cc3ccccc3C2=O)cc1.Cl. The minimum Gasteiger partial charge on any atom is -0.444 e. The highest BCUT2D eigenvalue weighted by molar-refractivity contribution is 6.09. The lowest BCUT2D eigenvalue weighted by Gasteiger charge is -2.28. The minimum absolute atomic E-state index is 0. The maximum absolute atomic E-state index is 12.8. The fourth-order valence-electron chi connectivity index (χ4n) is 4.49. The van der Waals surface area contributed by atoms with Crippen molar-refractivity contribution >= 4 is 30.1 Å². The second-order valence-electron chi connectivity index (χ2n) is 10.1. The van der Waals surface area contributed by atoms with Gasteiger partial charge in [0.25, 0.3) is 5.91 Å². The summed E-state index contributed by atoms with van der Waals surface area (Å²) < 4.78 is 5.69. The maximum atomic E-state index is 12.8. The smallest absolute Gasteiger partial charge is 0.410 e. The molecule has 2 aromatic rings. The predicted octanol–water partition coefficient (Wildman–Crippen LogP) is 5.77. The van der Waals surface area contributed by atoms with Crippen LogP contribution in [0.2, 0.25) is 0 Å². The van der Waals surface area contributed by atoms with E-state index in [1.54, 1.807) is 0 Å². The van der Waals surface area contributed by atoms with Crippen molar-refractivity contribution in [3.05, 3.63) is 65.2 Å². The molecule has 170 valence electrons. The molecule has 0 unspecified atom stereocenters. The fourth-order valence-corrected chi connectivity index (χ4v) is 4.49. The predicted molar refractivity (Wildman–Crippen MR) is 127 cm³/mol. The van der Waals surface area contributed by atoms with Crippen molar-refractivity contribution in [3.63, 3.8) is 0 Å². The van der Waals surface area contributed by atoms with Gasteiger partial charge in [0.05, 0.1) is 6.54 Å². The zero-order valence-electron chi connectivity index (χ0n) is 18.9. The standard InChI is InChI=1S/C26H30N2O3.ClH/c1-26(2,3)31-25(30)28(15-17-8-9-17)23-14-22(23)18-10-12-20(13-11-18)27-16-19-6-4-5-7-21(19)24(27)29;/h4-7,10-13,17,22-23H,8-9,14-16H2,1-3H3;1H/t22-,23+;/m0./s1. The van der Waals surface area contributed by atoms with E-state index in [2.05, 4.69) is 12.1 Å². The number of halogens is 1. The molecule has 2 aromatic carbocycles. The van der Waals surface area contributed by atoms with Crippen LogP contribution in [0.1, 0.15) is 67.4 Å². The molecule has 5 rings (SSSR count). The second-order valence-corrected chi connectivity index (χ2v) is 10.1. The highest BCUT2D eigenvalue weighted by Gasteiger charge is 2.47. The maximum Gasteiger partial charge on any atom is 0.410 e. The van der Waals surface area contributed by atoms with Gasteiger partial charge < -0.3 is 14.5 Å². The number of fused-ring (bicyclic) bond motifs is 1. The van der Waals surface area contributed by atoms with Crippen LogP contribution in [0.4, 0.5) is 10.5 Å². The third kappa shape index (κ3) is 4.63. The van der Waals surface area contributed by atoms with Crippen LogP contribution < -0.4 is 4.90 Å².